The van der Waals surface area contributed by atoms with E-state index in [4.69, 9.17) is 10.5 Å². The van der Waals surface area contributed by atoms with Gasteiger partial charge in [0, 0.05) is 22.0 Å². The Labute approximate surface area is 97.4 Å². The van der Waals surface area contributed by atoms with Crippen molar-refractivity contribution in [1.82, 2.24) is 0 Å². The number of nitrogens with two attached hydrogens (primary N) is 1. The SMILES string of the molecule is COc1cc(Br)cc(C2(CN)CC2)c1O. The summed E-state index contributed by atoms with van der Waals surface area (Å²) >= 11 is 3.41. The molecule has 0 unspecified atom stereocenters. The lowest BCUT2D eigenvalue weighted by molar-refractivity contribution is 0.367. The first-order valence-electron chi connectivity index (χ1n) is 4.90. The van der Waals surface area contributed by atoms with Crippen LogP contribution in [0.5, 0.6) is 11.5 Å². The van der Waals surface area contributed by atoms with Crippen LogP contribution in [0.4, 0.5) is 0 Å². The molecule has 2 rings (SSSR count). The van der Waals surface area contributed by atoms with Gasteiger partial charge in [-0.2, -0.15) is 0 Å². The zero-order valence-electron chi connectivity index (χ0n) is 8.59. The Morgan fingerprint density at radius 3 is 2.67 bits per heavy atom. The van der Waals surface area contributed by atoms with Crippen molar-refractivity contribution in [3.8, 4) is 11.5 Å². The highest BCUT2D eigenvalue weighted by Gasteiger charge is 2.45. The van der Waals surface area contributed by atoms with Crippen molar-refractivity contribution < 1.29 is 9.84 Å². The van der Waals surface area contributed by atoms with Gasteiger partial charge in [-0.25, -0.2) is 0 Å². The smallest absolute Gasteiger partial charge is 0.161 e. The highest BCUT2D eigenvalue weighted by Crippen LogP contribution is 2.52. The highest BCUT2D eigenvalue weighted by atomic mass is 79.9. The van der Waals surface area contributed by atoms with Crippen molar-refractivity contribution >= 4 is 15.9 Å². The third-order valence-corrected chi connectivity index (χ3v) is 3.53. The molecule has 1 saturated carbocycles. The number of aromatic hydroxyl groups is 1. The summed E-state index contributed by atoms with van der Waals surface area (Å²) in [6, 6.07) is 3.68. The average Bonchev–Trinajstić information content (AvgIpc) is 3.01. The second-order valence-corrected chi connectivity index (χ2v) is 4.90. The van der Waals surface area contributed by atoms with Gasteiger partial charge in [-0.3, -0.25) is 0 Å². The molecule has 0 atom stereocenters. The maximum absolute atomic E-state index is 10.0. The Bertz CT molecular complexity index is 388. The number of phenols is 1. The van der Waals surface area contributed by atoms with Gasteiger partial charge < -0.3 is 15.6 Å². The number of benzene rings is 1. The number of halogens is 1. The predicted octanol–water partition coefficient (Wildman–Crippen LogP) is 2.15. The fraction of sp³-hybridized carbons (Fsp3) is 0.455. The van der Waals surface area contributed by atoms with Crippen molar-refractivity contribution in [3.63, 3.8) is 0 Å². The molecule has 1 aliphatic rings. The summed E-state index contributed by atoms with van der Waals surface area (Å²) in [4.78, 5) is 0. The molecule has 1 aromatic carbocycles. The van der Waals surface area contributed by atoms with E-state index in [1.165, 1.54) is 0 Å². The molecule has 1 aromatic rings. The fourth-order valence-corrected chi connectivity index (χ4v) is 2.31. The molecular weight excluding hydrogens is 258 g/mol. The molecule has 3 nitrogen and oxygen atoms in total. The third kappa shape index (κ3) is 1.72. The van der Waals surface area contributed by atoms with Crippen LogP contribution < -0.4 is 10.5 Å². The number of phenolic OH excluding ortho intramolecular Hbond substituents is 1. The van der Waals surface area contributed by atoms with E-state index in [9.17, 15) is 5.11 Å². The van der Waals surface area contributed by atoms with Gasteiger partial charge in [-0.15, -0.1) is 0 Å². The molecule has 15 heavy (non-hydrogen) atoms. The number of hydrogen-bond acceptors (Lipinski definition) is 3. The minimum absolute atomic E-state index is 0.0266. The van der Waals surface area contributed by atoms with Gasteiger partial charge >= 0.3 is 0 Å². The molecule has 0 aromatic heterocycles. The highest BCUT2D eigenvalue weighted by molar-refractivity contribution is 9.10. The van der Waals surface area contributed by atoms with Gasteiger partial charge in [-0.1, -0.05) is 15.9 Å². The molecule has 4 heteroatoms. The molecule has 1 aliphatic carbocycles. The average molecular weight is 272 g/mol. The van der Waals surface area contributed by atoms with Gasteiger partial charge in [0.05, 0.1) is 7.11 Å². The van der Waals surface area contributed by atoms with Crippen LogP contribution in [0.2, 0.25) is 0 Å². The third-order valence-electron chi connectivity index (χ3n) is 3.08. The first-order valence-corrected chi connectivity index (χ1v) is 5.69. The topological polar surface area (TPSA) is 55.5 Å². The molecule has 3 N–H and O–H groups in total. The zero-order valence-corrected chi connectivity index (χ0v) is 10.2. The van der Waals surface area contributed by atoms with Gasteiger partial charge in [-0.05, 0) is 25.0 Å². The van der Waals surface area contributed by atoms with Crippen LogP contribution in [0.15, 0.2) is 16.6 Å². The number of methoxy groups -OCH3 is 1. The standard InChI is InChI=1S/C11H14BrNO2/c1-15-9-5-7(12)4-8(10(9)14)11(6-13)2-3-11/h4-5,14H,2-3,6,13H2,1H3. The maximum Gasteiger partial charge on any atom is 0.161 e. The molecule has 0 radical (unpaired) electrons. The van der Waals surface area contributed by atoms with E-state index in [-0.39, 0.29) is 11.2 Å². The molecule has 0 saturated heterocycles. The zero-order chi connectivity index (χ0) is 11.1. The van der Waals surface area contributed by atoms with Crippen LogP contribution >= 0.6 is 15.9 Å². The molecule has 0 bridgehead atoms. The van der Waals surface area contributed by atoms with Crippen LogP contribution in [0, 0.1) is 0 Å². The lowest BCUT2D eigenvalue weighted by Gasteiger charge is -2.17. The first kappa shape index (κ1) is 10.8. The van der Waals surface area contributed by atoms with Gasteiger partial charge in [0.1, 0.15) is 0 Å². The van der Waals surface area contributed by atoms with E-state index < -0.39 is 0 Å². The van der Waals surface area contributed by atoms with Crippen LogP contribution in [0.1, 0.15) is 18.4 Å². The first-order chi connectivity index (χ1) is 7.13. The van der Waals surface area contributed by atoms with E-state index in [0.717, 1.165) is 22.9 Å². The van der Waals surface area contributed by atoms with E-state index in [0.29, 0.717) is 12.3 Å². The van der Waals surface area contributed by atoms with E-state index in [1.54, 1.807) is 13.2 Å². The summed E-state index contributed by atoms with van der Waals surface area (Å²) in [5.41, 5.74) is 6.62. The Balaban J connectivity index is 2.51. The molecule has 1 fully saturated rings. The van der Waals surface area contributed by atoms with Crippen molar-refractivity contribution in [2.24, 2.45) is 5.73 Å². The summed E-state index contributed by atoms with van der Waals surface area (Å²) in [7, 11) is 1.55. The van der Waals surface area contributed by atoms with Gasteiger partial charge in [0.2, 0.25) is 0 Å². The van der Waals surface area contributed by atoms with Gasteiger partial charge in [0.15, 0.2) is 11.5 Å². The summed E-state index contributed by atoms with van der Waals surface area (Å²) < 4.78 is 6.02. The molecular formula is C11H14BrNO2. The lowest BCUT2D eigenvalue weighted by Crippen LogP contribution is -2.19. The van der Waals surface area contributed by atoms with E-state index in [2.05, 4.69) is 15.9 Å². The minimum Gasteiger partial charge on any atom is -0.504 e. The van der Waals surface area contributed by atoms with Crippen LogP contribution in [-0.4, -0.2) is 18.8 Å². The summed E-state index contributed by atoms with van der Waals surface area (Å²) in [5.74, 6) is 0.725. The quantitative estimate of drug-likeness (QED) is 0.886. The Kier molecular flexibility index (Phi) is 2.64. The molecule has 0 spiro atoms. The normalized spacial score (nSPS) is 17.5. The van der Waals surface area contributed by atoms with Crippen LogP contribution in [0.25, 0.3) is 0 Å². The summed E-state index contributed by atoms with van der Waals surface area (Å²) in [6.45, 7) is 0.570. The maximum atomic E-state index is 10.0. The lowest BCUT2D eigenvalue weighted by atomic mass is 9.95. The monoisotopic (exact) mass is 271 g/mol. The van der Waals surface area contributed by atoms with Crippen molar-refractivity contribution in [2.75, 3.05) is 13.7 Å². The van der Waals surface area contributed by atoms with Crippen molar-refractivity contribution in [1.29, 1.82) is 0 Å². The van der Waals surface area contributed by atoms with Gasteiger partial charge in [0.25, 0.3) is 0 Å². The Morgan fingerprint density at radius 1 is 1.53 bits per heavy atom. The predicted molar refractivity (Wildman–Crippen MR) is 62.3 cm³/mol. The largest absolute Gasteiger partial charge is 0.504 e. The van der Waals surface area contributed by atoms with E-state index in [1.807, 2.05) is 6.07 Å². The molecule has 0 heterocycles. The number of ether oxygens (including phenoxy) is 1. The van der Waals surface area contributed by atoms with E-state index >= 15 is 0 Å². The number of hydrogen-bond donors (Lipinski definition) is 2. The second-order valence-electron chi connectivity index (χ2n) is 3.99. The van der Waals surface area contributed by atoms with Crippen molar-refractivity contribution in [2.45, 2.75) is 18.3 Å². The van der Waals surface area contributed by atoms with Crippen LogP contribution in [0.3, 0.4) is 0 Å². The summed E-state index contributed by atoms with van der Waals surface area (Å²) in [5, 5.41) is 10.0. The van der Waals surface area contributed by atoms with Crippen LogP contribution in [-0.2, 0) is 5.41 Å². The minimum atomic E-state index is -0.0266. The molecule has 0 aliphatic heterocycles. The second kappa shape index (κ2) is 3.68. The molecule has 0 amide bonds. The van der Waals surface area contributed by atoms with Crippen molar-refractivity contribution in [3.05, 3.63) is 22.2 Å². The summed E-state index contributed by atoms with van der Waals surface area (Å²) in [6.07, 6.45) is 2.08. The Hall–Kier alpha value is -0.740. The fourth-order valence-electron chi connectivity index (χ4n) is 1.87. The number of rotatable bonds is 3. The molecule has 82 valence electrons. The Morgan fingerprint density at radius 2 is 2.20 bits per heavy atom.